The van der Waals surface area contributed by atoms with Gasteiger partial charge in [-0.3, -0.25) is 14.2 Å². The Labute approximate surface area is 216 Å². The fraction of sp³-hybridized carbons (Fsp3) is 0.565. The molecule has 2 aromatic heterocycles. The highest BCUT2D eigenvalue weighted by atomic mass is 35.5. The minimum absolute atomic E-state index is 0. The van der Waals surface area contributed by atoms with Gasteiger partial charge in [0.1, 0.15) is 18.1 Å². The molecule has 3 amide bonds. The van der Waals surface area contributed by atoms with E-state index in [0.717, 1.165) is 6.42 Å². The quantitative estimate of drug-likeness (QED) is 0.434. The third-order valence-corrected chi connectivity index (χ3v) is 6.41. The van der Waals surface area contributed by atoms with Gasteiger partial charge in [-0.15, -0.1) is 12.4 Å². The van der Waals surface area contributed by atoms with Crippen molar-refractivity contribution in [1.82, 2.24) is 24.8 Å². The number of likely N-dealkylation sites (N-methyl/N-ethyl adjacent to an activating group) is 1. The van der Waals surface area contributed by atoms with Crippen molar-refractivity contribution in [3.63, 3.8) is 0 Å². The molecule has 0 aromatic carbocycles. The van der Waals surface area contributed by atoms with Crippen LogP contribution in [0.2, 0.25) is 0 Å². The van der Waals surface area contributed by atoms with Gasteiger partial charge >= 0.3 is 6.03 Å². The Morgan fingerprint density at radius 3 is 2.75 bits per heavy atom. The summed E-state index contributed by atoms with van der Waals surface area (Å²) in [6.45, 7) is 4.01. The van der Waals surface area contributed by atoms with Crippen LogP contribution in [0.5, 0.6) is 0 Å². The van der Waals surface area contributed by atoms with Gasteiger partial charge in [-0.25, -0.2) is 14.8 Å². The first kappa shape index (κ1) is 28.8. The SMILES string of the molecule is C[C@@H]1CCN(C(=O)CC#N)C[C@@H]1N(C)c1nc(CCCC(=O)NCCN)nc2c1ccn2C(N)=O.Cl. The van der Waals surface area contributed by atoms with Gasteiger partial charge in [0.05, 0.1) is 17.5 Å². The van der Waals surface area contributed by atoms with Crippen molar-refractivity contribution in [2.45, 2.75) is 45.1 Å². The molecule has 5 N–H and O–H groups in total. The van der Waals surface area contributed by atoms with E-state index in [1.165, 1.54) is 4.57 Å². The summed E-state index contributed by atoms with van der Waals surface area (Å²) in [6, 6.07) is 2.98. The molecule has 0 bridgehead atoms. The van der Waals surface area contributed by atoms with Crippen molar-refractivity contribution in [3.05, 3.63) is 18.1 Å². The number of aryl methyl sites for hydroxylation is 1. The predicted octanol–water partition coefficient (Wildman–Crippen LogP) is 0.764. The smallest absolute Gasteiger partial charge is 0.324 e. The number of likely N-dealkylation sites (tertiary alicyclic amines) is 1. The lowest BCUT2D eigenvalue weighted by atomic mass is 9.92. The Hall–Kier alpha value is -3.43. The van der Waals surface area contributed by atoms with Gasteiger partial charge in [0.2, 0.25) is 11.8 Å². The molecule has 196 valence electrons. The zero-order valence-corrected chi connectivity index (χ0v) is 21.5. The number of aromatic nitrogens is 3. The molecule has 12 nitrogen and oxygen atoms in total. The number of hydrogen-bond donors (Lipinski definition) is 3. The number of nitrogens with two attached hydrogens (primary N) is 2. The Morgan fingerprint density at radius 1 is 1.33 bits per heavy atom. The maximum absolute atomic E-state index is 12.4. The minimum Gasteiger partial charge on any atom is -0.355 e. The van der Waals surface area contributed by atoms with Crippen molar-refractivity contribution in [1.29, 1.82) is 5.26 Å². The summed E-state index contributed by atoms with van der Waals surface area (Å²) in [7, 11) is 1.91. The fourth-order valence-corrected chi connectivity index (χ4v) is 4.42. The van der Waals surface area contributed by atoms with Gasteiger partial charge in [-0.1, -0.05) is 6.92 Å². The van der Waals surface area contributed by atoms with E-state index in [0.29, 0.717) is 68.1 Å². The maximum Gasteiger partial charge on any atom is 0.324 e. The second-order valence-electron chi connectivity index (χ2n) is 8.84. The lowest BCUT2D eigenvalue weighted by molar-refractivity contribution is -0.131. The van der Waals surface area contributed by atoms with E-state index < -0.39 is 6.03 Å². The topological polar surface area (TPSA) is 176 Å². The fourth-order valence-electron chi connectivity index (χ4n) is 4.42. The summed E-state index contributed by atoms with van der Waals surface area (Å²) in [4.78, 5) is 49.4. The molecular formula is C23H34ClN9O3. The van der Waals surface area contributed by atoms with E-state index in [4.69, 9.17) is 21.7 Å². The summed E-state index contributed by atoms with van der Waals surface area (Å²) in [5.41, 5.74) is 11.4. The van der Waals surface area contributed by atoms with Gasteiger partial charge in [-0.05, 0) is 24.8 Å². The number of primary amides is 1. The van der Waals surface area contributed by atoms with Gasteiger partial charge in [0.15, 0.2) is 5.65 Å². The van der Waals surface area contributed by atoms with Gasteiger partial charge in [0, 0.05) is 52.3 Å². The van der Waals surface area contributed by atoms with E-state index >= 15 is 0 Å². The van der Waals surface area contributed by atoms with Crippen molar-refractivity contribution in [3.8, 4) is 6.07 Å². The second kappa shape index (κ2) is 13.0. The van der Waals surface area contributed by atoms with Gasteiger partial charge in [-0.2, -0.15) is 5.26 Å². The van der Waals surface area contributed by atoms with Crippen LogP contribution in [0.4, 0.5) is 10.6 Å². The molecule has 0 unspecified atom stereocenters. The van der Waals surface area contributed by atoms with Crippen LogP contribution in [0.1, 0.15) is 38.4 Å². The summed E-state index contributed by atoms with van der Waals surface area (Å²) in [5, 5.41) is 12.3. The van der Waals surface area contributed by atoms with E-state index in [9.17, 15) is 14.4 Å². The van der Waals surface area contributed by atoms with E-state index in [1.807, 2.05) is 18.0 Å². The second-order valence-corrected chi connectivity index (χ2v) is 8.84. The summed E-state index contributed by atoms with van der Waals surface area (Å²) < 4.78 is 1.28. The Morgan fingerprint density at radius 2 is 2.08 bits per heavy atom. The third-order valence-electron chi connectivity index (χ3n) is 6.41. The highest BCUT2D eigenvalue weighted by Gasteiger charge is 2.33. The number of nitrogens with zero attached hydrogens (tertiary/aromatic N) is 6. The number of nitriles is 1. The van der Waals surface area contributed by atoms with Crippen LogP contribution in [0, 0.1) is 17.2 Å². The number of hydrogen-bond acceptors (Lipinski definition) is 8. The van der Waals surface area contributed by atoms with Crippen LogP contribution in [-0.4, -0.2) is 76.5 Å². The zero-order valence-electron chi connectivity index (χ0n) is 20.6. The molecule has 0 spiro atoms. The Balaban J connectivity index is 0.00000456. The molecule has 0 radical (unpaired) electrons. The number of carbonyl (C=O) groups excluding carboxylic acids is 3. The number of piperidine rings is 1. The monoisotopic (exact) mass is 519 g/mol. The molecule has 1 aliphatic rings. The maximum atomic E-state index is 12.4. The third kappa shape index (κ3) is 6.61. The molecule has 3 heterocycles. The van der Waals surface area contributed by atoms with Crippen LogP contribution in [-0.2, 0) is 16.0 Å². The summed E-state index contributed by atoms with van der Waals surface area (Å²) in [5.74, 6) is 1.12. The first-order chi connectivity index (χ1) is 16.8. The van der Waals surface area contributed by atoms with Crippen LogP contribution in [0.3, 0.4) is 0 Å². The largest absolute Gasteiger partial charge is 0.355 e. The van der Waals surface area contributed by atoms with Crippen LogP contribution < -0.4 is 21.7 Å². The van der Waals surface area contributed by atoms with Gasteiger partial charge < -0.3 is 26.6 Å². The number of halogens is 1. The molecule has 1 saturated heterocycles. The molecule has 3 rings (SSSR count). The van der Waals surface area contributed by atoms with E-state index in [-0.39, 0.29) is 42.6 Å². The Kier molecular flexibility index (Phi) is 10.4. The molecule has 0 aliphatic carbocycles. The number of nitrogens with one attached hydrogen (secondary N) is 1. The number of rotatable bonds is 9. The molecule has 1 aliphatic heterocycles. The molecular weight excluding hydrogens is 486 g/mol. The molecule has 13 heteroatoms. The van der Waals surface area contributed by atoms with Crippen molar-refractivity contribution < 1.29 is 14.4 Å². The molecule has 2 aromatic rings. The number of anilines is 1. The van der Waals surface area contributed by atoms with Crippen LogP contribution in [0.25, 0.3) is 11.0 Å². The van der Waals surface area contributed by atoms with E-state index in [1.54, 1.807) is 17.2 Å². The van der Waals surface area contributed by atoms with Crippen LogP contribution in [0.15, 0.2) is 12.3 Å². The molecule has 2 atom stereocenters. The molecule has 1 fully saturated rings. The first-order valence-corrected chi connectivity index (χ1v) is 11.8. The van der Waals surface area contributed by atoms with Crippen molar-refractivity contribution >= 4 is 47.1 Å². The lowest BCUT2D eigenvalue weighted by Crippen LogP contribution is -2.52. The average Bonchev–Trinajstić information content (AvgIpc) is 3.26. The van der Waals surface area contributed by atoms with Crippen LogP contribution >= 0.6 is 12.4 Å². The number of amides is 3. The highest BCUT2D eigenvalue weighted by molar-refractivity contribution is 5.94. The number of carbonyl (C=O) groups is 3. The Bertz CT molecular complexity index is 1130. The summed E-state index contributed by atoms with van der Waals surface area (Å²) in [6.07, 6.45) is 3.48. The normalized spacial score (nSPS) is 17.2. The number of fused-ring (bicyclic) bond motifs is 1. The lowest BCUT2D eigenvalue weighted by Gasteiger charge is -2.42. The van der Waals surface area contributed by atoms with Gasteiger partial charge in [0.25, 0.3) is 0 Å². The predicted molar refractivity (Wildman–Crippen MR) is 138 cm³/mol. The molecule has 36 heavy (non-hydrogen) atoms. The minimum atomic E-state index is -0.654. The van der Waals surface area contributed by atoms with Crippen molar-refractivity contribution in [2.75, 3.05) is 38.1 Å². The average molecular weight is 520 g/mol. The van der Waals surface area contributed by atoms with Crippen molar-refractivity contribution in [2.24, 2.45) is 17.4 Å². The molecule has 0 saturated carbocycles. The summed E-state index contributed by atoms with van der Waals surface area (Å²) >= 11 is 0. The zero-order chi connectivity index (χ0) is 25.5. The first-order valence-electron chi connectivity index (χ1n) is 11.8. The highest BCUT2D eigenvalue weighted by Crippen LogP contribution is 2.30. The standard InChI is InChI=1S/C23H33N9O3.ClH/c1-15-7-12-31(20(34)6-9-24)14-17(15)30(2)21-16-8-13-32(23(26)35)22(16)29-18(28-21)4-3-5-19(33)27-11-10-25;/h8,13,15,17H,3-7,10-12,14,25H2,1-2H3,(H2,26,35)(H,27,33);1H/t15-,17+;/m1./s1. The van der Waals surface area contributed by atoms with E-state index in [2.05, 4.69) is 17.2 Å².